The van der Waals surface area contributed by atoms with E-state index in [0.29, 0.717) is 16.0 Å². The van der Waals surface area contributed by atoms with Gasteiger partial charge in [0, 0.05) is 37.4 Å². The molecule has 112 valence electrons. The number of nitrogens with one attached hydrogen (secondary N) is 1. The first-order chi connectivity index (χ1) is 8.70. The van der Waals surface area contributed by atoms with Crippen LogP contribution < -0.4 is 5.32 Å². The summed E-state index contributed by atoms with van der Waals surface area (Å²) in [7, 11) is 0. The fourth-order valence-corrected chi connectivity index (χ4v) is 3.17. The van der Waals surface area contributed by atoms with Gasteiger partial charge >= 0.3 is 0 Å². The third-order valence-corrected chi connectivity index (χ3v) is 4.36. The molecule has 1 aromatic rings. The van der Waals surface area contributed by atoms with Gasteiger partial charge in [-0.25, -0.2) is 0 Å². The first-order valence-electron chi connectivity index (χ1n) is 6.30. The lowest BCUT2D eigenvalue weighted by molar-refractivity contribution is 0.0776. The van der Waals surface area contributed by atoms with Crippen LogP contribution in [0.3, 0.4) is 0 Å². The second-order valence-electron chi connectivity index (χ2n) is 5.26. The Balaban J connectivity index is 0.000001000. The van der Waals surface area contributed by atoms with Crippen molar-refractivity contribution in [2.75, 3.05) is 26.2 Å². The Morgan fingerprint density at radius 3 is 2.85 bits per heavy atom. The molecule has 2 aliphatic heterocycles. The summed E-state index contributed by atoms with van der Waals surface area (Å²) >= 11 is 6.03. The number of nitrogens with zero attached hydrogens (tertiary/aromatic N) is 2. The lowest BCUT2D eigenvalue weighted by Crippen LogP contribution is -2.33. The molecule has 1 atom stereocenters. The Bertz CT molecular complexity index is 478. The number of amides is 1. The second-order valence-corrected chi connectivity index (χ2v) is 5.67. The van der Waals surface area contributed by atoms with Crippen LogP contribution in [0.5, 0.6) is 0 Å². The Morgan fingerprint density at radius 1 is 1.40 bits per heavy atom. The normalized spacial score (nSPS) is 24.4. The smallest absolute Gasteiger partial charge is 0.255 e. The van der Waals surface area contributed by atoms with Crippen molar-refractivity contribution in [3.8, 4) is 0 Å². The molecule has 0 bridgehead atoms. The van der Waals surface area contributed by atoms with Gasteiger partial charge in [0.15, 0.2) is 0 Å². The van der Waals surface area contributed by atoms with Crippen molar-refractivity contribution < 1.29 is 4.79 Å². The molecule has 1 amide bonds. The van der Waals surface area contributed by atoms with Crippen molar-refractivity contribution in [2.24, 2.45) is 5.41 Å². The van der Waals surface area contributed by atoms with Crippen molar-refractivity contribution in [1.82, 2.24) is 15.2 Å². The van der Waals surface area contributed by atoms with Gasteiger partial charge in [0.1, 0.15) is 0 Å². The van der Waals surface area contributed by atoms with Crippen LogP contribution in [0, 0.1) is 5.41 Å². The average molecular weight is 339 g/mol. The number of carbonyl (C=O) groups is 1. The van der Waals surface area contributed by atoms with E-state index in [2.05, 4.69) is 10.3 Å². The quantitative estimate of drug-likeness (QED) is 0.855. The molecule has 2 fully saturated rings. The molecule has 4 nitrogen and oxygen atoms in total. The van der Waals surface area contributed by atoms with E-state index in [-0.39, 0.29) is 30.7 Å². The maximum atomic E-state index is 12.4. The van der Waals surface area contributed by atoms with Crippen LogP contribution in [-0.4, -0.2) is 42.0 Å². The molecule has 2 aliphatic rings. The van der Waals surface area contributed by atoms with Crippen LogP contribution >= 0.6 is 36.4 Å². The van der Waals surface area contributed by atoms with Gasteiger partial charge in [0.05, 0.1) is 10.6 Å². The van der Waals surface area contributed by atoms with Gasteiger partial charge < -0.3 is 10.2 Å². The Hall–Kier alpha value is -0.550. The third kappa shape index (κ3) is 3.19. The molecule has 0 aliphatic carbocycles. The van der Waals surface area contributed by atoms with E-state index in [1.54, 1.807) is 12.3 Å². The molecular weight excluding hydrogens is 321 g/mol. The van der Waals surface area contributed by atoms with E-state index >= 15 is 0 Å². The van der Waals surface area contributed by atoms with E-state index in [1.165, 1.54) is 12.6 Å². The third-order valence-electron chi connectivity index (χ3n) is 4.06. The zero-order valence-corrected chi connectivity index (χ0v) is 13.4. The highest BCUT2D eigenvalue weighted by Gasteiger charge is 2.42. The van der Waals surface area contributed by atoms with Crippen molar-refractivity contribution >= 4 is 42.3 Å². The minimum atomic E-state index is 0. The molecule has 7 heteroatoms. The second kappa shape index (κ2) is 6.94. The summed E-state index contributed by atoms with van der Waals surface area (Å²) in [5, 5.41) is 3.83. The molecule has 0 saturated carbocycles. The van der Waals surface area contributed by atoms with Crippen LogP contribution in [0.4, 0.5) is 0 Å². The summed E-state index contributed by atoms with van der Waals surface area (Å²) in [5.41, 5.74) is 0.865. The Labute approximate surface area is 136 Å². The van der Waals surface area contributed by atoms with Gasteiger partial charge in [-0.3, -0.25) is 9.78 Å². The van der Waals surface area contributed by atoms with Gasteiger partial charge in [0.25, 0.3) is 5.91 Å². The first-order valence-corrected chi connectivity index (χ1v) is 6.68. The molecule has 1 N–H and O–H groups in total. The fourth-order valence-electron chi connectivity index (χ4n) is 2.97. The summed E-state index contributed by atoms with van der Waals surface area (Å²) in [5.74, 6) is 0.0335. The van der Waals surface area contributed by atoms with E-state index in [9.17, 15) is 4.79 Å². The molecule has 2 saturated heterocycles. The van der Waals surface area contributed by atoms with Crippen LogP contribution in [0.25, 0.3) is 0 Å². The molecule has 3 heterocycles. The maximum Gasteiger partial charge on any atom is 0.255 e. The summed E-state index contributed by atoms with van der Waals surface area (Å²) in [6.07, 6.45) is 5.40. The van der Waals surface area contributed by atoms with E-state index in [0.717, 1.165) is 32.6 Å². The number of pyridine rings is 1. The number of likely N-dealkylation sites (tertiary alicyclic amines) is 1. The maximum absolute atomic E-state index is 12.4. The molecule has 1 aromatic heterocycles. The van der Waals surface area contributed by atoms with E-state index < -0.39 is 0 Å². The standard InChI is InChI=1S/C13H16ClN3O.2ClH/c14-11-7-15-4-1-10(11)12(18)17-6-3-13(9-17)2-5-16-8-13;;/h1,4,7,16H,2-3,5-6,8-9H2;2*1H. The minimum absolute atomic E-state index is 0. The van der Waals surface area contributed by atoms with Crippen molar-refractivity contribution in [1.29, 1.82) is 0 Å². The highest BCUT2D eigenvalue weighted by Crippen LogP contribution is 2.36. The van der Waals surface area contributed by atoms with Crippen molar-refractivity contribution in [3.05, 3.63) is 29.0 Å². The fraction of sp³-hybridized carbons (Fsp3) is 0.538. The first kappa shape index (κ1) is 17.5. The van der Waals surface area contributed by atoms with Gasteiger partial charge in [-0.05, 0) is 25.5 Å². The molecule has 20 heavy (non-hydrogen) atoms. The number of carbonyl (C=O) groups excluding carboxylic acids is 1. The molecule has 0 radical (unpaired) electrons. The average Bonchev–Trinajstić information content (AvgIpc) is 3.00. The van der Waals surface area contributed by atoms with Crippen molar-refractivity contribution in [2.45, 2.75) is 12.8 Å². The van der Waals surface area contributed by atoms with E-state index in [4.69, 9.17) is 11.6 Å². The van der Waals surface area contributed by atoms with Crippen LogP contribution in [0.2, 0.25) is 5.02 Å². The summed E-state index contributed by atoms with van der Waals surface area (Å²) < 4.78 is 0. The van der Waals surface area contributed by atoms with Gasteiger partial charge in [-0.2, -0.15) is 0 Å². The Morgan fingerprint density at radius 2 is 2.20 bits per heavy atom. The number of rotatable bonds is 1. The largest absolute Gasteiger partial charge is 0.338 e. The minimum Gasteiger partial charge on any atom is -0.338 e. The molecule has 3 rings (SSSR count). The molecular formula is C13H18Cl3N3O. The summed E-state index contributed by atoms with van der Waals surface area (Å²) in [6.45, 7) is 3.77. The predicted molar refractivity (Wildman–Crippen MR) is 84.2 cm³/mol. The predicted octanol–water partition coefficient (Wildman–Crippen LogP) is 2.40. The zero-order valence-electron chi connectivity index (χ0n) is 11.0. The topological polar surface area (TPSA) is 45.2 Å². The van der Waals surface area contributed by atoms with Crippen LogP contribution in [0.1, 0.15) is 23.2 Å². The van der Waals surface area contributed by atoms with Crippen molar-refractivity contribution in [3.63, 3.8) is 0 Å². The Kier molecular flexibility index (Phi) is 6.07. The molecule has 0 aromatic carbocycles. The summed E-state index contributed by atoms with van der Waals surface area (Å²) in [6, 6.07) is 1.70. The van der Waals surface area contributed by atoms with Crippen LogP contribution in [0.15, 0.2) is 18.5 Å². The monoisotopic (exact) mass is 337 g/mol. The molecule has 1 spiro atoms. The SMILES string of the molecule is Cl.Cl.O=C(c1ccncc1Cl)N1CCC2(CCNC2)C1. The number of aromatic nitrogens is 1. The van der Waals surface area contributed by atoms with Gasteiger partial charge in [-0.15, -0.1) is 24.8 Å². The zero-order chi connectivity index (χ0) is 12.6. The van der Waals surface area contributed by atoms with E-state index in [1.807, 2.05) is 4.90 Å². The number of halogens is 3. The number of hydrogen-bond donors (Lipinski definition) is 1. The summed E-state index contributed by atoms with van der Waals surface area (Å²) in [4.78, 5) is 18.2. The number of hydrogen-bond acceptors (Lipinski definition) is 3. The van der Waals surface area contributed by atoms with Gasteiger partial charge in [0.2, 0.25) is 0 Å². The highest BCUT2D eigenvalue weighted by atomic mass is 35.5. The van der Waals surface area contributed by atoms with Gasteiger partial charge in [-0.1, -0.05) is 11.6 Å². The molecule has 1 unspecified atom stereocenters. The highest BCUT2D eigenvalue weighted by molar-refractivity contribution is 6.33. The van der Waals surface area contributed by atoms with Crippen LogP contribution in [-0.2, 0) is 0 Å². The lowest BCUT2D eigenvalue weighted by Gasteiger charge is -2.23. The lowest BCUT2D eigenvalue weighted by atomic mass is 9.86.